The number of nitrogens with one attached hydrogen (secondary N) is 1. The molecule has 1 aliphatic rings. The summed E-state index contributed by atoms with van der Waals surface area (Å²) in [4.78, 5) is 0. The van der Waals surface area contributed by atoms with Crippen LogP contribution in [0.4, 0.5) is 0 Å². The van der Waals surface area contributed by atoms with E-state index in [2.05, 4.69) is 27.3 Å². The molecule has 0 saturated heterocycles. The highest BCUT2D eigenvalue weighted by atomic mass is 79.9. The number of furan rings is 1. The van der Waals surface area contributed by atoms with Gasteiger partial charge in [-0.2, -0.15) is 0 Å². The molecular weight excluding hydrogens is 294 g/mol. The largest absolute Gasteiger partial charge is 0.493 e. The third kappa shape index (κ3) is 2.44. The van der Waals surface area contributed by atoms with Crippen molar-refractivity contribution in [3.63, 3.8) is 0 Å². The Morgan fingerprint density at radius 2 is 2.11 bits per heavy atom. The van der Waals surface area contributed by atoms with E-state index in [-0.39, 0.29) is 0 Å². The van der Waals surface area contributed by atoms with Gasteiger partial charge in [-0.25, -0.2) is 0 Å². The first-order valence-electron chi connectivity index (χ1n) is 6.02. The van der Waals surface area contributed by atoms with Crippen LogP contribution in [-0.2, 0) is 6.54 Å². The van der Waals surface area contributed by atoms with Crippen molar-refractivity contribution < 1.29 is 9.15 Å². The number of hydrogen-bond donors (Lipinski definition) is 1. The van der Waals surface area contributed by atoms with Crippen molar-refractivity contribution in [1.29, 1.82) is 0 Å². The first-order chi connectivity index (χ1) is 8.83. The van der Waals surface area contributed by atoms with Crippen LogP contribution >= 0.6 is 15.9 Å². The molecule has 0 radical (unpaired) electrons. The van der Waals surface area contributed by atoms with Crippen molar-refractivity contribution in [2.45, 2.75) is 19.0 Å². The van der Waals surface area contributed by atoms with Crippen LogP contribution in [0.15, 0.2) is 45.5 Å². The molecule has 0 amide bonds. The van der Waals surface area contributed by atoms with E-state index in [0.717, 1.165) is 35.8 Å². The highest BCUT2D eigenvalue weighted by Gasteiger charge is 2.20. The first-order valence-corrected chi connectivity index (χ1v) is 6.81. The van der Waals surface area contributed by atoms with Crippen molar-refractivity contribution >= 4 is 15.9 Å². The van der Waals surface area contributed by atoms with Crippen LogP contribution in [0.25, 0.3) is 0 Å². The number of rotatable bonds is 3. The van der Waals surface area contributed by atoms with Crippen LogP contribution < -0.4 is 10.1 Å². The van der Waals surface area contributed by atoms with E-state index in [0.29, 0.717) is 6.04 Å². The van der Waals surface area contributed by atoms with Gasteiger partial charge in [-0.15, -0.1) is 0 Å². The molecule has 2 aromatic rings. The molecule has 18 heavy (non-hydrogen) atoms. The van der Waals surface area contributed by atoms with Crippen molar-refractivity contribution in [1.82, 2.24) is 5.32 Å². The average molecular weight is 308 g/mol. The van der Waals surface area contributed by atoms with Crippen molar-refractivity contribution in [2.24, 2.45) is 0 Å². The Morgan fingerprint density at radius 3 is 2.94 bits per heavy atom. The van der Waals surface area contributed by atoms with Gasteiger partial charge in [0.15, 0.2) is 4.67 Å². The van der Waals surface area contributed by atoms with Gasteiger partial charge >= 0.3 is 0 Å². The van der Waals surface area contributed by atoms with Crippen molar-refractivity contribution in [3.8, 4) is 5.75 Å². The van der Waals surface area contributed by atoms with E-state index in [4.69, 9.17) is 9.15 Å². The van der Waals surface area contributed by atoms with Crippen LogP contribution in [0.2, 0.25) is 0 Å². The van der Waals surface area contributed by atoms with Crippen LogP contribution in [0, 0.1) is 0 Å². The number of hydrogen-bond acceptors (Lipinski definition) is 3. The number of para-hydroxylation sites is 1. The molecule has 1 aromatic carbocycles. The lowest BCUT2D eigenvalue weighted by molar-refractivity contribution is 0.250. The standard InChI is InChI=1S/C14H14BrNO2/c15-14-6-5-10(18-14)9-16-12-7-8-17-13-4-2-1-3-11(12)13/h1-6,12,16H,7-9H2. The van der Waals surface area contributed by atoms with Gasteiger partial charge in [0.05, 0.1) is 13.2 Å². The molecule has 1 aliphatic heterocycles. The van der Waals surface area contributed by atoms with Crippen LogP contribution in [-0.4, -0.2) is 6.61 Å². The topological polar surface area (TPSA) is 34.4 Å². The van der Waals surface area contributed by atoms with Crippen LogP contribution in [0.5, 0.6) is 5.75 Å². The van der Waals surface area contributed by atoms with Crippen molar-refractivity contribution in [2.75, 3.05) is 6.61 Å². The maximum Gasteiger partial charge on any atom is 0.169 e. The Labute approximate surface area is 114 Å². The van der Waals surface area contributed by atoms with Gasteiger partial charge in [0, 0.05) is 18.0 Å². The summed E-state index contributed by atoms with van der Waals surface area (Å²) in [5, 5.41) is 3.51. The van der Waals surface area contributed by atoms with Crippen molar-refractivity contribution in [3.05, 3.63) is 52.4 Å². The summed E-state index contributed by atoms with van der Waals surface area (Å²) in [6.07, 6.45) is 0.985. The average Bonchev–Trinajstić information content (AvgIpc) is 2.82. The van der Waals surface area contributed by atoms with Gasteiger partial charge in [0.2, 0.25) is 0 Å². The second-order valence-corrected chi connectivity index (χ2v) is 5.10. The van der Waals surface area contributed by atoms with E-state index in [1.807, 2.05) is 30.3 Å². The third-order valence-corrected chi connectivity index (χ3v) is 3.54. The summed E-state index contributed by atoms with van der Waals surface area (Å²) in [7, 11) is 0. The summed E-state index contributed by atoms with van der Waals surface area (Å²) in [5.74, 6) is 1.92. The molecule has 4 heteroatoms. The zero-order valence-electron chi connectivity index (χ0n) is 9.86. The minimum absolute atomic E-state index is 0.332. The molecule has 1 N–H and O–H groups in total. The summed E-state index contributed by atoms with van der Waals surface area (Å²) in [6, 6.07) is 12.4. The van der Waals surface area contributed by atoms with Gasteiger partial charge in [0.25, 0.3) is 0 Å². The monoisotopic (exact) mass is 307 g/mol. The highest BCUT2D eigenvalue weighted by Crippen LogP contribution is 2.31. The molecule has 0 spiro atoms. The maximum atomic E-state index is 5.64. The molecule has 1 unspecified atom stereocenters. The van der Waals surface area contributed by atoms with E-state index in [1.54, 1.807) is 0 Å². The molecule has 94 valence electrons. The van der Waals surface area contributed by atoms with Gasteiger partial charge in [-0.3, -0.25) is 0 Å². The lowest BCUT2D eigenvalue weighted by Crippen LogP contribution is -2.26. The van der Waals surface area contributed by atoms with E-state index in [9.17, 15) is 0 Å². The number of halogens is 1. The molecule has 0 aliphatic carbocycles. The second kappa shape index (κ2) is 5.16. The lowest BCUT2D eigenvalue weighted by atomic mass is 10.0. The fourth-order valence-electron chi connectivity index (χ4n) is 2.22. The Kier molecular flexibility index (Phi) is 3.39. The van der Waals surface area contributed by atoms with E-state index in [1.165, 1.54) is 5.56 Å². The SMILES string of the molecule is Brc1ccc(CNC2CCOc3ccccc32)o1. The van der Waals surface area contributed by atoms with Gasteiger partial charge in [-0.1, -0.05) is 18.2 Å². The van der Waals surface area contributed by atoms with E-state index >= 15 is 0 Å². The van der Waals surface area contributed by atoms with Gasteiger partial charge < -0.3 is 14.5 Å². The molecule has 1 atom stereocenters. The zero-order valence-corrected chi connectivity index (χ0v) is 11.4. The highest BCUT2D eigenvalue weighted by molar-refractivity contribution is 9.10. The maximum absolute atomic E-state index is 5.64. The zero-order chi connectivity index (χ0) is 12.4. The quantitative estimate of drug-likeness (QED) is 0.940. The molecule has 0 saturated carbocycles. The van der Waals surface area contributed by atoms with Crippen LogP contribution in [0.1, 0.15) is 23.8 Å². The van der Waals surface area contributed by atoms with E-state index < -0.39 is 0 Å². The molecule has 2 heterocycles. The Morgan fingerprint density at radius 1 is 1.22 bits per heavy atom. The summed E-state index contributed by atoms with van der Waals surface area (Å²) in [5.41, 5.74) is 1.23. The predicted octanol–water partition coefficient (Wildman–Crippen LogP) is 3.66. The van der Waals surface area contributed by atoms with Gasteiger partial charge in [0.1, 0.15) is 11.5 Å². The molecular formula is C14H14BrNO2. The Hall–Kier alpha value is -1.26. The molecule has 3 rings (SSSR count). The Balaban J connectivity index is 1.71. The Bertz CT molecular complexity index is 538. The summed E-state index contributed by atoms with van der Waals surface area (Å²) in [6.45, 7) is 1.49. The minimum atomic E-state index is 0.332. The summed E-state index contributed by atoms with van der Waals surface area (Å²) < 4.78 is 11.9. The normalized spacial score (nSPS) is 18.2. The number of ether oxygens (including phenoxy) is 1. The number of fused-ring (bicyclic) bond motifs is 1. The molecule has 1 aromatic heterocycles. The van der Waals surface area contributed by atoms with Crippen LogP contribution in [0.3, 0.4) is 0 Å². The number of benzene rings is 1. The fraction of sp³-hybridized carbons (Fsp3) is 0.286. The second-order valence-electron chi connectivity index (χ2n) is 4.31. The lowest BCUT2D eigenvalue weighted by Gasteiger charge is -2.26. The van der Waals surface area contributed by atoms with Gasteiger partial charge in [-0.05, 0) is 34.1 Å². The first kappa shape index (κ1) is 11.8. The predicted molar refractivity (Wildman–Crippen MR) is 72.5 cm³/mol. The molecule has 0 bridgehead atoms. The fourth-order valence-corrected chi connectivity index (χ4v) is 2.56. The molecule has 3 nitrogen and oxygen atoms in total. The minimum Gasteiger partial charge on any atom is -0.493 e. The summed E-state index contributed by atoms with van der Waals surface area (Å²) >= 11 is 3.31. The smallest absolute Gasteiger partial charge is 0.169 e. The third-order valence-electron chi connectivity index (χ3n) is 3.11. The molecule has 0 fully saturated rings.